The lowest BCUT2D eigenvalue weighted by atomic mass is 10.1. The molecule has 0 N–H and O–H groups in total. The van der Waals surface area contributed by atoms with Gasteiger partial charge < -0.3 is 9.47 Å². The molecular formula is C21H19NO4S. The molecule has 138 valence electrons. The van der Waals surface area contributed by atoms with Crippen LogP contribution in [0.4, 0.5) is 0 Å². The Hall–Kier alpha value is -2.99. The van der Waals surface area contributed by atoms with E-state index in [9.17, 15) is 8.42 Å². The van der Waals surface area contributed by atoms with Gasteiger partial charge in [-0.3, -0.25) is 4.31 Å². The Bertz CT molecular complexity index is 1120. The van der Waals surface area contributed by atoms with E-state index < -0.39 is 10.0 Å². The second-order valence-electron chi connectivity index (χ2n) is 6.18. The van der Waals surface area contributed by atoms with Gasteiger partial charge in [0.15, 0.2) is 0 Å². The van der Waals surface area contributed by atoms with Crippen molar-refractivity contribution in [2.45, 2.75) is 4.90 Å². The molecule has 0 unspecified atom stereocenters. The van der Waals surface area contributed by atoms with Gasteiger partial charge >= 0.3 is 0 Å². The van der Waals surface area contributed by atoms with Crippen molar-refractivity contribution >= 4 is 26.6 Å². The minimum absolute atomic E-state index is 0.250. The van der Waals surface area contributed by atoms with E-state index in [-0.39, 0.29) is 4.90 Å². The fourth-order valence-corrected chi connectivity index (χ4v) is 4.34. The lowest BCUT2D eigenvalue weighted by molar-refractivity contribution is 0.194. The Labute approximate surface area is 158 Å². The SMILES string of the molecule is CN1C=C(OCCOc2cccc3ccccc23)c2ccccc2S1(=O)=O. The highest BCUT2D eigenvalue weighted by atomic mass is 32.2. The molecule has 27 heavy (non-hydrogen) atoms. The van der Waals surface area contributed by atoms with Gasteiger partial charge in [0, 0.05) is 18.0 Å². The van der Waals surface area contributed by atoms with Crippen molar-refractivity contribution in [1.29, 1.82) is 0 Å². The molecule has 4 rings (SSSR count). The van der Waals surface area contributed by atoms with Gasteiger partial charge in [-0.2, -0.15) is 0 Å². The second kappa shape index (κ2) is 6.96. The van der Waals surface area contributed by atoms with Gasteiger partial charge in [-0.25, -0.2) is 8.42 Å². The van der Waals surface area contributed by atoms with Gasteiger partial charge in [-0.05, 0) is 23.6 Å². The van der Waals surface area contributed by atoms with Crippen LogP contribution < -0.4 is 4.74 Å². The fraction of sp³-hybridized carbons (Fsp3) is 0.143. The number of hydrogen-bond acceptors (Lipinski definition) is 4. The van der Waals surface area contributed by atoms with Crippen LogP contribution in [0.1, 0.15) is 5.56 Å². The summed E-state index contributed by atoms with van der Waals surface area (Å²) in [5.41, 5.74) is 0.570. The Morgan fingerprint density at radius 2 is 1.56 bits per heavy atom. The minimum atomic E-state index is -3.51. The molecule has 0 saturated heterocycles. The molecule has 0 saturated carbocycles. The van der Waals surface area contributed by atoms with Crippen LogP contribution in [0.5, 0.6) is 5.75 Å². The summed E-state index contributed by atoms with van der Waals surface area (Å²) in [5, 5.41) is 2.17. The molecular weight excluding hydrogens is 362 g/mol. The molecule has 3 aromatic carbocycles. The molecule has 0 bridgehead atoms. The number of nitrogens with zero attached hydrogens (tertiary/aromatic N) is 1. The molecule has 0 aromatic heterocycles. The highest BCUT2D eigenvalue weighted by Crippen LogP contribution is 2.32. The summed E-state index contributed by atoms with van der Waals surface area (Å²) in [6, 6.07) is 20.8. The van der Waals surface area contributed by atoms with Crippen LogP contribution in [-0.4, -0.2) is 33.0 Å². The molecule has 5 nitrogen and oxygen atoms in total. The normalized spacial score (nSPS) is 15.1. The summed E-state index contributed by atoms with van der Waals surface area (Å²) in [4.78, 5) is 0.250. The monoisotopic (exact) mass is 381 g/mol. The zero-order valence-electron chi connectivity index (χ0n) is 14.8. The maximum absolute atomic E-state index is 12.4. The quantitative estimate of drug-likeness (QED) is 0.630. The van der Waals surface area contributed by atoms with Crippen LogP contribution in [0.25, 0.3) is 16.5 Å². The first-order chi connectivity index (χ1) is 13.1. The van der Waals surface area contributed by atoms with Crippen LogP contribution in [0.3, 0.4) is 0 Å². The van der Waals surface area contributed by atoms with Crippen LogP contribution in [0.15, 0.2) is 77.8 Å². The van der Waals surface area contributed by atoms with E-state index in [4.69, 9.17) is 9.47 Å². The second-order valence-corrected chi connectivity index (χ2v) is 8.15. The van der Waals surface area contributed by atoms with E-state index in [0.717, 1.165) is 16.5 Å². The van der Waals surface area contributed by atoms with Crippen molar-refractivity contribution in [3.05, 3.63) is 78.5 Å². The first-order valence-corrected chi connectivity index (χ1v) is 10.0. The number of hydrogen-bond donors (Lipinski definition) is 0. The summed E-state index contributed by atoms with van der Waals surface area (Å²) in [5.74, 6) is 1.32. The van der Waals surface area contributed by atoms with Crippen LogP contribution in [0, 0.1) is 0 Å². The minimum Gasteiger partial charge on any atom is -0.489 e. The molecule has 3 aromatic rings. The van der Waals surface area contributed by atoms with E-state index in [1.165, 1.54) is 17.6 Å². The van der Waals surface area contributed by atoms with Crippen molar-refractivity contribution < 1.29 is 17.9 Å². The topological polar surface area (TPSA) is 55.8 Å². The van der Waals surface area contributed by atoms with Gasteiger partial charge in [0.05, 0.1) is 11.1 Å². The summed E-state index contributed by atoms with van der Waals surface area (Å²) in [6.07, 6.45) is 1.50. The third kappa shape index (κ3) is 3.24. The van der Waals surface area contributed by atoms with Crippen molar-refractivity contribution in [2.24, 2.45) is 0 Å². The number of ether oxygens (including phenoxy) is 2. The highest BCUT2D eigenvalue weighted by Gasteiger charge is 2.29. The third-order valence-electron chi connectivity index (χ3n) is 4.46. The van der Waals surface area contributed by atoms with Gasteiger partial charge in [0.25, 0.3) is 10.0 Å². The van der Waals surface area contributed by atoms with E-state index >= 15 is 0 Å². The molecule has 1 aliphatic heterocycles. The molecule has 6 heteroatoms. The van der Waals surface area contributed by atoms with Crippen LogP contribution in [-0.2, 0) is 14.8 Å². The average Bonchev–Trinajstić information content (AvgIpc) is 2.69. The Kier molecular flexibility index (Phi) is 4.49. The van der Waals surface area contributed by atoms with E-state index in [2.05, 4.69) is 0 Å². The average molecular weight is 381 g/mol. The molecule has 0 atom stereocenters. The number of sulfonamides is 1. The zero-order chi connectivity index (χ0) is 18.9. The van der Waals surface area contributed by atoms with Gasteiger partial charge in [-0.15, -0.1) is 0 Å². The van der Waals surface area contributed by atoms with Crippen molar-refractivity contribution in [3.63, 3.8) is 0 Å². The Balaban J connectivity index is 1.47. The Morgan fingerprint density at radius 3 is 2.44 bits per heavy atom. The summed E-state index contributed by atoms with van der Waals surface area (Å²) in [7, 11) is -2.00. The fourth-order valence-electron chi connectivity index (χ4n) is 3.09. The molecule has 1 aliphatic rings. The van der Waals surface area contributed by atoms with Crippen molar-refractivity contribution in [3.8, 4) is 5.75 Å². The smallest absolute Gasteiger partial charge is 0.264 e. The van der Waals surface area contributed by atoms with Crippen molar-refractivity contribution in [1.82, 2.24) is 4.31 Å². The lowest BCUT2D eigenvalue weighted by Crippen LogP contribution is -2.27. The maximum Gasteiger partial charge on any atom is 0.264 e. The van der Waals surface area contributed by atoms with Gasteiger partial charge in [0.1, 0.15) is 24.7 Å². The number of rotatable bonds is 5. The molecule has 0 fully saturated rings. The van der Waals surface area contributed by atoms with E-state index in [1.807, 2.05) is 42.5 Å². The number of fused-ring (bicyclic) bond motifs is 2. The summed E-state index contributed by atoms with van der Waals surface area (Å²) < 4.78 is 37.7. The first kappa shape index (κ1) is 17.4. The predicted molar refractivity (Wildman–Crippen MR) is 105 cm³/mol. The van der Waals surface area contributed by atoms with Gasteiger partial charge in [0.2, 0.25) is 0 Å². The predicted octanol–water partition coefficient (Wildman–Crippen LogP) is 3.87. The Morgan fingerprint density at radius 1 is 0.852 bits per heavy atom. The summed E-state index contributed by atoms with van der Waals surface area (Å²) >= 11 is 0. The standard InChI is InChI=1S/C21H19NO4S/c1-22-15-20(18-10-4-5-12-21(18)27(22,23)24)26-14-13-25-19-11-6-8-16-7-2-3-9-17(16)19/h2-12,15H,13-14H2,1H3. The molecule has 0 amide bonds. The van der Waals surface area contributed by atoms with Crippen LogP contribution in [0.2, 0.25) is 0 Å². The summed E-state index contributed by atoms with van der Waals surface area (Å²) in [6.45, 7) is 0.654. The largest absolute Gasteiger partial charge is 0.489 e. The van der Waals surface area contributed by atoms with E-state index in [0.29, 0.717) is 24.5 Å². The zero-order valence-corrected chi connectivity index (χ0v) is 15.6. The van der Waals surface area contributed by atoms with Gasteiger partial charge in [-0.1, -0.05) is 48.5 Å². The molecule has 0 aliphatic carbocycles. The lowest BCUT2D eigenvalue weighted by Gasteiger charge is -2.25. The molecule has 0 spiro atoms. The van der Waals surface area contributed by atoms with Crippen molar-refractivity contribution in [2.75, 3.05) is 20.3 Å². The maximum atomic E-state index is 12.4. The third-order valence-corrected chi connectivity index (χ3v) is 6.23. The first-order valence-electron chi connectivity index (χ1n) is 8.60. The van der Waals surface area contributed by atoms with E-state index in [1.54, 1.807) is 24.3 Å². The van der Waals surface area contributed by atoms with Crippen LogP contribution >= 0.6 is 0 Å². The molecule has 1 heterocycles. The number of benzene rings is 3. The highest BCUT2D eigenvalue weighted by molar-refractivity contribution is 7.89. The molecule has 0 radical (unpaired) electrons.